The lowest BCUT2D eigenvalue weighted by atomic mass is 10.1. The molecule has 0 bridgehead atoms. The molecule has 0 atom stereocenters. The highest BCUT2D eigenvalue weighted by Gasteiger charge is 2.05. The molecule has 22 heavy (non-hydrogen) atoms. The van der Waals surface area contributed by atoms with E-state index in [1.807, 2.05) is 32.0 Å². The van der Waals surface area contributed by atoms with Gasteiger partial charge in [-0.05, 0) is 50.0 Å². The summed E-state index contributed by atoms with van der Waals surface area (Å²) in [4.78, 5) is 13.7. The first-order valence-corrected chi connectivity index (χ1v) is 7.97. The Bertz CT molecular complexity index is 506. The van der Waals surface area contributed by atoms with E-state index in [0.29, 0.717) is 37.1 Å². The summed E-state index contributed by atoms with van der Waals surface area (Å²) in [6, 6.07) is 5.60. The van der Waals surface area contributed by atoms with Gasteiger partial charge in [-0.2, -0.15) is 0 Å². The topological polar surface area (TPSA) is 55.6 Å². The SMILES string of the molecule is CCN(CC)C(=O)/C=C\c1ccc(OCCC(C)C)c(N)c1. The Kier molecular flexibility index (Phi) is 7.50. The van der Waals surface area contributed by atoms with Crippen LogP contribution in [0.25, 0.3) is 6.08 Å². The van der Waals surface area contributed by atoms with Crippen LogP contribution in [0.4, 0.5) is 5.69 Å². The number of ether oxygens (including phenoxy) is 1. The zero-order valence-electron chi connectivity index (χ0n) is 14.1. The summed E-state index contributed by atoms with van der Waals surface area (Å²) in [5.74, 6) is 1.32. The van der Waals surface area contributed by atoms with Gasteiger partial charge in [0.15, 0.2) is 0 Å². The van der Waals surface area contributed by atoms with Crippen molar-refractivity contribution >= 4 is 17.7 Å². The largest absolute Gasteiger partial charge is 0.491 e. The van der Waals surface area contributed by atoms with E-state index in [4.69, 9.17) is 10.5 Å². The van der Waals surface area contributed by atoms with Crippen molar-refractivity contribution in [2.75, 3.05) is 25.4 Å². The van der Waals surface area contributed by atoms with Gasteiger partial charge in [-0.3, -0.25) is 4.79 Å². The maximum atomic E-state index is 11.9. The van der Waals surface area contributed by atoms with E-state index >= 15 is 0 Å². The fourth-order valence-corrected chi connectivity index (χ4v) is 2.01. The van der Waals surface area contributed by atoms with E-state index < -0.39 is 0 Å². The number of amides is 1. The Hall–Kier alpha value is -1.97. The highest BCUT2D eigenvalue weighted by Crippen LogP contribution is 2.23. The number of nitrogens with two attached hydrogens (primary N) is 1. The second-order valence-electron chi connectivity index (χ2n) is 5.67. The number of carbonyl (C=O) groups is 1. The van der Waals surface area contributed by atoms with E-state index in [-0.39, 0.29) is 5.91 Å². The lowest BCUT2D eigenvalue weighted by Gasteiger charge is -2.15. The van der Waals surface area contributed by atoms with Crippen molar-refractivity contribution in [2.45, 2.75) is 34.1 Å². The van der Waals surface area contributed by atoms with Crippen LogP contribution >= 0.6 is 0 Å². The fourth-order valence-electron chi connectivity index (χ4n) is 2.01. The van der Waals surface area contributed by atoms with Crippen LogP contribution in [0.3, 0.4) is 0 Å². The number of nitrogen functional groups attached to an aromatic ring is 1. The molecule has 0 aliphatic rings. The van der Waals surface area contributed by atoms with Crippen molar-refractivity contribution in [2.24, 2.45) is 5.92 Å². The highest BCUT2D eigenvalue weighted by atomic mass is 16.5. The van der Waals surface area contributed by atoms with Crippen LogP contribution < -0.4 is 10.5 Å². The molecule has 0 saturated carbocycles. The molecule has 0 aliphatic carbocycles. The first kappa shape index (κ1) is 18.1. The van der Waals surface area contributed by atoms with Crippen LogP contribution in [-0.4, -0.2) is 30.5 Å². The van der Waals surface area contributed by atoms with Gasteiger partial charge in [0.1, 0.15) is 5.75 Å². The van der Waals surface area contributed by atoms with E-state index in [9.17, 15) is 4.79 Å². The van der Waals surface area contributed by atoms with Gasteiger partial charge >= 0.3 is 0 Å². The fraction of sp³-hybridized carbons (Fsp3) is 0.500. The van der Waals surface area contributed by atoms with E-state index in [1.165, 1.54) is 0 Å². The zero-order valence-corrected chi connectivity index (χ0v) is 14.1. The number of rotatable bonds is 8. The summed E-state index contributed by atoms with van der Waals surface area (Å²) in [5, 5.41) is 0. The molecule has 0 aliphatic heterocycles. The van der Waals surface area contributed by atoms with Crippen molar-refractivity contribution in [3.05, 3.63) is 29.8 Å². The number of nitrogens with zero attached hydrogens (tertiary/aromatic N) is 1. The van der Waals surface area contributed by atoms with Gasteiger partial charge in [0.05, 0.1) is 12.3 Å². The standard InChI is InChI=1S/C18H28N2O2/c1-5-20(6-2)18(21)10-8-15-7-9-17(16(19)13-15)22-12-11-14(3)4/h7-10,13-14H,5-6,11-12,19H2,1-4H3/b10-8-. The first-order chi connectivity index (χ1) is 10.5. The summed E-state index contributed by atoms with van der Waals surface area (Å²) in [6.45, 7) is 10.3. The second-order valence-corrected chi connectivity index (χ2v) is 5.67. The third-order valence-corrected chi connectivity index (χ3v) is 3.48. The molecule has 0 unspecified atom stereocenters. The van der Waals surface area contributed by atoms with Crippen molar-refractivity contribution < 1.29 is 9.53 Å². The number of anilines is 1. The number of benzene rings is 1. The van der Waals surface area contributed by atoms with Gasteiger partial charge in [0.25, 0.3) is 0 Å². The van der Waals surface area contributed by atoms with Crippen molar-refractivity contribution in [1.82, 2.24) is 4.90 Å². The van der Waals surface area contributed by atoms with Crippen molar-refractivity contribution in [1.29, 1.82) is 0 Å². The normalized spacial score (nSPS) is 11.1. The monoisotopic (exact) mass is 304 g/mol. The number of likely N-dealkylation sites (N-methyl/N-ethyl adjacent to an activating group) is 1. The van der Waals surface area contributed by atoms with Crippen LogP contribution in [-0.2, 0) is 4.79 Å². The summed E-state index contributed by atoms with van der Waals surface area (Å²) in [6.07, 6.45) is 4.37. The third kappa shape index (κ3) is 5.80. The number of carbonyl (C=O) groups excluding carboxylic acids is 1. The Morgan fingerprint density at radius 3 is 2.55 bits per heavy atom. The minimum absolute atomic E-state index is 0.0147. The minimum Gasteiger partial charge on any atom is -0.491 e. The molecule has 1 aromatic rings. The molecule has 0 spiro atoms. The maximum Gasteiger partial charge on any atom is 0.246 e. The molecule has 1 aromatic carbocycles. The van der Waals surface area contributed by atoms with Gasteiger partial charge in [-0.15, -0.1) is 0 Å². The van der Waals surface area contributed by atoms with Crippen LogP contribution in [0.5, 0.6) is 5.75 Å². The van der Waals surface area contributed by atoms with E-state index in [0.717, 1.165) is 12.0 Å². The summed E-state index contributed by atoms with van der Waals surface area (Å²) >= 11 is 0. The van der Waals surface area contributed by atoms with Crippen molar-refractivity contribution in [3.63, 3.8) is 0 Å². The lowest BCUT2D eigenvalue weighted by Crippen LogP contribution is -2.28. The van der Waals surface area contributed by atoms with Gasteiger partial charge in [0.2, 0.25) is 5.91 Å². The molecule has 1 amide bonds. The highest BCUT2D eigenvalue weighted by molar-refractivity contribution is 5.91. The molecule has 4 heteroatoms. The number of hydrogen-bond acceptors (Lipinski definition) is 3. The smallest absolute Gasteiger partial charge is 0.246 e. The molecule has 0 heterocycles. The lowest BCUT2D eigenvalue weighted by molar-refractivity contribution is -0.125. The Labute approximate surface area is 133 Å². The van der Waals surface area contributed by atoms with Gasteiger partial charge in [-0.1, -0.05) is 19.9 Å². The Balaban J connectivity index is 2.66. The first-order valence-electron chi connectivity index (χ1n) is 7.97. The van der Waals surface area contributed by atoms with Crippen molar-refractivity contribution in [3.8, 4) is 5.75 Å². The average molecular weight is 304 g/mol. The van der Waals surface area contributed by atoms with Gasteiger partial charge in [-0.25, -0.2) is 0 Å². The molecular formula is C18H28N2O2. The predicted octanol–water partition coefficient (Wildman–Crippen LogP) is 3.58. The maximum absolute atomic E-state index is 11.9. The van der Waals surface area contributed by atoms with E-state index in [2.05, 4.69) is 13.8 Å². The van der Waals surface area contributed by atoms with E-state index in [1.54, 1.807) is 17.1 Å². The zero-order chi connectivity index (χ0) is 16.5. The predicted molar refractivity (Wildman–Crippen MR) is 92.8 cm³/mol. The summed E-state index contributed by atoms with van der Waals surface area (Å²) in [5.41, 5.74) is 7.50. The summed E-state index contributed by atoms with van der Waals surface area (Å²) < 4.78 is 5.68. The van der Waals surface area contributed by atoms with Crippen LogP contribution in [0.1, 0.15) is 39.7 Å². The summed E-state index contributed by atoms with van der Waals surface area (Å²) in [7, 11) is 0. The number of hydrogen-bond donors (Lipinski definition) is 1. The Morgan fingerprint density at radius 2 is 2.00 bits per heavy atom. The molecule has 2 N–H and O–H groups in total. The second kappa shape index (κ2) is 9.13. The third-order valence-electron chi connectivity index (χ3n) is 3.48. The molecule has 0 radical (unpaired) electrons. The van der Waals surface area contributed by atoms with Crippen LogP contribution in [0.2, 0.25) is 0 Å². The minimum atomic E-state index is 0.0147. The molecule has 0 aromatic heterocycles. The molecule has 0 saturated heterocycles. The molecule has 0 fully saturated rings. The molecule has 122 valence electrons. The molecule has 4 nitrogen and oxygen atoms in total. The molecule has 1 rings (SSSR count). The van der Waals surface area contributed by atoms with Gasteiger partial charge in [0, 0.05) is 19.2 Å². The quantitative estimate of drug-likeness (QED) is 0.590. The van der Waals surface area contributed by atoms with Crippen LogP contribution in [0, 0.1) is 5.92 Å². The Morgan fingerprint density at radius 1 is 1.32 bits per heavy atom. The molecular weight excluding hydrogens is 276 g/mol. The van der Waals surface area contributed by atoms with Crippen LogP contribution in [0.15, 0.2) is 24.3 Å². The average Bonchev–Trinajstić information content (AvgIpc) is 2.48. The van der Waals surface area contributed by atoms with Gasteiger partial charge < -0.3 is 15.4 Å².